The van der Waals surface area contributed by atoms with Crippen LogP contribution in [0.3, 0.4) is 0 Å². The van der Waals surface area contributed by atoms with E-state index in [0.29, 0.717) is 6.07 Å². The molecule has 0 bridgehead atoms. The summed E-state index contributed by atoms with van der Waals surface area (Å²) in [6.45, 7) is 3.92. The lowest BCUT2D eigenvalue weighted by atomic mass is 10.2. The molecule has 1 amide bonds. The van der Waals surface area contributed by atoms with E-state index in [0.717, 1.165) is 12.1 Å². The van der Waals surface area contributed by atoms with Crippen molar-refractivity contribution in [3.8, 4) is 0 Å². The summed E-state index contributed by atoms with van der Waals surface area (Å²) in [5, 5.41) is 2.34. The Morgan fingerprint density at radius 3 is 2.50 bits per heavy atom. The third kappa shape index (κ3) is 4.71. The number of hydrogen-bond donors (Lipinski definition) is 1. The molecule has 0 spiro atoms. The molecule has 1 aromatic carbocycles. The van der Waals surface area contributed by atoms with Crippen molar-refractivity contribution >= 4 is 15.9 Å². The van der Waals surface area contributed by atoms with Gasteiger partial charge in [-0.1, -0.05) is 0 Å². The molecule has 0 unspecified atom stereocenters. The standard InChI is InChI=1S/C15H20F2N2O4S/c1-10-8-19(9-11(2)23-10)24(21,22)6-5-18-15(20)13-4-3-12(16)7-14(13)17/h3-4,7,10-11H,5-6,8-9H2,1-2H3,(H,18,20)/t10-,11+. The number of rotatable bonds is 5. The average molecular weight is 362 g/mol. The molecular formula is C15H20F2N2O4S. The van der Waals surface area contributed by atoms with Crippen LogP contribution in [0.1, 0.15) is 24.2 Å². The second-order valence-electron chi connectivity index (χ2n) is 5.77. The number of hydrogen-bond acceptors (Lipinski definition) is 4. The molecular weight excluding hydrogens is 342 g/mol. The zero-order valence-corrected chi connectivity index (χ0v) is 14.3. The van der Waals surface area contributed by atoms with Gasteiger partial charge in [-0.05, 0) is 26.0 Å². The Hall–Kier alpha value is -1.58. The number of carbonyl (C=O) groups is 1. The van der Waals surface area contributed by atoms with E-state index in [9.17, 15) is 22.0 Å². The molecule has 6 nitrogen and oxygen atoms in total. The molecule has 0 aliphatic carbocycles. The van der Waals surface area contributed by atoms with Crippen molar-refractivity contribution in [1.29, 1.82) is 0 Å². The van der Waals surface area contributed by atoms with Gasteiger partial charge in [0.05, 0.1) is 23.5 Å². The number of benzene rings is 1. The first-order valence-electron chi connectivity index (χ1n) is 7.55. The van der Waals surface area contributed by atoms with E-state index in [4.69, 9.17) is 4.74 Å². The Morgan fingerprint density at radius 2 is 1.92 bits per heavy atom. The molecule has 0 aromatic heterocycles. The number of ether oxygens (including phenoxy) is 1. The second kappa shape index (κ2) is 7.54. The van der Waals surface area contributed by atoms with Gasteiger partial charge in [-0.25, -0.2) is 17.2 Å². The molecule has 1 aliphatic heterocycles. The van der Waals surface area contributed by atoms with Gasteiger partial charge in [0.1, 0.15) is 11.6 Å². The maximum Gasteiger partial charge on any atom is 0.254 e. The van der Waals surface area contributed by atoms with Crippen LogP contribution < -0.4 is 5.32 Å². The van der Waals surface area contributed by atoms with E-state index in [1.807, 2.05) is 0 Å². The van der Waals surface area contributed by atoms with Gasteiger partial charge in [-0.15, -0.1) is 0 Å². The fraction of sp³-hybridized carbons (Fsp3) is 0.533. The lowest BCUT2D eigenvalue weighted by Crippen LogP contribution is -2.49. The van der Waals surface area contributed by atoms with Crippen molar-refractivity contribution in [1.82, 2.24) is 9.62 Å². The summed E-state index contributed by atoms with van der Waals surface area (Å²) in [7, 11) is -3.56. The number of carbonyl (C=O) groups excluding carboxylic acids is 1. The van der Waals surface area contributed by atoms with Gasteiger partial charge in [0.25, 0.3) is 5.91 Å². The molecule has 9 heteroatoms. The summed E-state index contributed by atoms with van der Waals surface area (Å²) in [5.41, 5.74) is -0.331. The zero-order chi connectivity index (χ0) is 17.9. The summed E-state index contributed by atoms with van der Waals surface area (Å²) < 4.78 is 57.7. The van der Waals surface area contributed by atoms with Gasteiger partial charge in [-0.3, -0.25) is 4.79 Å². The van der Waals surface area contributed by atoms with E-state index in [-0.39, 0.29) is 43.2 Å². The van der Waals surface area contributed by atoms with Crippen molar-refractivity contribution in [2.24, 2.45) is 0 Å². The summed E-state index contributed by atoms with van der Waals surface area (Å²) >= 11 is 0. The third-order valence-electron chi connectivity index (χ3n) is 3.60. The van der Waals surface area contributed by atoms with Gasteiger partial charge < -0.3 is 10.1 Å². The SMILES string of the molecule is C[C@@H]1CN(S(=O)(=O)CCNC(=O)c2ccc(F)cc2F)C[C@H](C)O1. The third-order valence-corrected chi connectivity index (χ3v) is 5.41. The molecule has 2 atom stereocenters. The smallest absolute Gasteiger partial charge is 0.254 e. The number of nitrogens with zero attached hydrogens (tertiary/aromatic N) is 1. The number of sulfonamides is 1. The molecule has 1 aliphatic rings. The van der Waals surface area contributed by atoms with Crippen LogP contribution in [0.4, 0.5) is 8.78 Å². The number of amides is 1. The van der Waals surface area contributed by atoms with Crippen molar-refractivity contribution in [3.05, 3.63) is 35.4 Å². The average Bonchev–Trinajstić information content (AvgIpc) is 2.45. The van der Waals surface area contributed by atoms with Crippen LogP contribution in [-0.2, 0) is 14.8 Å². The molecule has 24 heavy (non-hydrogen) atoms. The second-order valence-corrected chi connectivity index (χ2v) is 7.86. The fourth-order valence-corrected chi connectivity index (χ4v) is 4.04. The fourth-order valence-electron chi connectivity index (χ4n) is 2.55. The summed E-state index contributed by atoms with van der Waals surface area (Å²) in [6, 6.07) is 2.58. The quantitative estimate of drug-likeness (QED) is 0.852. The Kier molecular flexibility index (Phi) is 5.89. The highest BCUT2D eigenvalue weighted by Gasteiger charge is 2.30. The topological polar surface area (TPSA) is 75.7 Å². The Bertz CT molecular complexity index is 701. The van der Waals surface area contributed by atoms with Crippen LogP contribution in [0, 0.1) is 11.6 Å². The minimum Gasteiger partial charge on any atom is -0.373 e. The van der Waals surface area contributed by atoms with Gasteiger partial charge in [-0.2, -0.15) is 4.31 Å². The minimum absolute atomic E-state index is 0.169. The van der Waals surface area contributed by atoms with Crippen molar-refractivity contribution < 1.29 is 26.7 Å². The first-order valence-corrected chi connectivity index (χ1v) is 9.16. The summed E-state index contributed by atoms with van der Waals surface area (Å²) in [5.74, 6) is -2.87. The van der Waals surface area contributed by atoms with E-state index in [1.165, 1.54) is 4.31 Å². The largest absolute Gasteiger partial charge is 0.373 e. The van der Waals surface area contributed by atoms with E-state index in [1.54, 1.807) is 13.8 Å². The number of halogens is 2. The molecule has 1 heterocycles. The molecule has 1 N–H and O–H groups in total. The Labute approximate surface area is 139 Å². The zero-order valence-electron chi connectivity index (χ0n) is 13.5. The normalized spacial score (nSPS) is 22.3. The predicted molar refractivity (Wildman–Crippen MR) is 84.1 cm³/mol. The molecule has 0 radical (unpaired) electrons. The van der Waals surface area contributed by atoms with Crippen LogP contribution in [0.25, 0.3) is 0 Å². The first kappa shape index (κ1) is 18.8. The van der Waals surface area contributed by atoms with Crippen molar-refractivity contribution in [3.63, 3.8) is 0 Å². The predicted octanol–water partition coefficient (Wildman–Crippen LogP) is 1.13. The number of morpholine rings is 1. The molecule has 2 rings (SSSR count). The lowest BCUT2D eigenvalue weighted by Gasteiger charge is -2.34. The van der Waals surface area contributed by atoms with Gasteiger partial charge in [0, 0.05) is 25.7 Å². The van der Waals surface area contributed by atoms with Crippen LogP contribution in [0.5, 0.6) is 0 Å². The molecule has 134 valence electrons. The van der Waals surface area contributed by atoms with Gasteiger partial charge in [0.2, 0.25) is 10.0 Å². The highest BCUT2D eigenvalue weighted by Crippen LogP contribution is 2.15. The highest BCUT2D eigenvalue weighted by molar-refractivity contribution is 7.89. The number of nitrogens with one attached hydrogen (secondary N) is 1. The van der Waals surface area contributed by atoms with Crippen LogP contribution >= 0.6 is 0 Å². The van der Waals surface area contributed by atoms with Crippen LogP contribution in [0.2, 0.25) is 0 Å². The van der Waals surface area contributed by atoms with E-state index >= 15 is 0 Å². The highest BCUT2D eigenvalue weighted by atomic mass is 32.2. The molecule has 0 saturated carbocycles. The first-order chi connectivity index (χ1) is 11.2. The van der Waals surface area contributed by atoms with Gasteiger partial charge >= 0.3 is 0 Å². The summed E-state index contributed by atoms with van der Waals surface area (Å²) in [4.78, 5) is 11.8. The van der Waals surface area contributed by atoms with E-state index < -0.39 is 27.6 Å². The Morgan fingerprint density at radius 1 is 1.29 bits per heavy atom. The van der Waals surface area contributed by atoms with E-state index in [2.05, 4.69) is 5.32 Å². The maximum atomic E-state index is 13.5. The van der Waals surface area contributed by atoms with Crippen molar-refractivity contribution in [2.45, 2.75) is 26.1 Å². The maximum absolute atomic E-state index is 13.5. The molecule has 1 saturated heterocycles. The van der Waals surface area contributed by atoms with Crippen molar-refractivity contribution in [2.75, 3.05) is 25.4 Å². The molecule has 1 aromatic rings. The minimum atomic E-state index is -3.56. The Balaban J connectivity index is 1.91. The van der Waals surface area contributed by atoms with Crippen LogP contribution in [0.15, 0.2) is 18.2 Å². The van der Waals surface area contributed by atoms with Crippen LogP contribution in [-0.4, -0.2) is 56.2 Å². The molecule has 1 fully saturated rings. The summed E-state index contributed by atoms with van der Waals surface area (Å²) in [6.07, 6.45) is -0.405. The monoisotopic (exact) mass is 362 g/mol. The lowest BCUT2D eigenvalue weighted by molar-refractivity contribution is -0.0440. The van der Waals surface area contributed by atoms with Gasteiger partial charge in [0.15, 0.2) is 0 Å².